The number of carbonyl (C=O) groups excluding carboxylic acids is 1. The highest BCUT2D eigenvalue weighted by molar-refractivity contribution is 5.78. The van der Waals surface area contributed by atoms with Crippen LogP contribution in [0.25, 0.3) is 0 Å². The molecule has 0 fully saturated rings. The van der Waals surface area contributed by atoms with E-state index in [1.165, 1.54) is 0 Å². The number of nitrogens with zero attached hydrogens (tertiary/aromatic N) is 2. The maximum Gasteiger partial charge on any atom is 0.229 e. The molecule has 0 spiro atoms. The minimum Gasteiger partial charge on any atom is -0.485 e. The van der Waals surface area contributed by atoms with Gasteiger partial charge in [0.05, 0.1) is 0 Å². The van der Waals surface area contributed by atoms with Crippen molar-refractivity contribution in [3.63, 3.8) is 0 Å². The maximum atomic E-state index is 11.0. The first-order chi connectivity index (χ1) is 9.54. The Morgan fingerprint density at radius 2 is 2.00 bits per heavy atom. The predicted molar refractivity (Wildman–Crippen MR) is 73.5 cm³/mol. The summed E-state index contributed by atoms with van der Waals surface area (Å²) in [6.07, 6.45) is 0.447. The Morgan fingerprint density at radius 1 is 1.30 bits per heavy atom. The number of Topliss-reactive ketones (excluding diaryl/α,β-unsaturated/α-hetero) is 1. The Balaban J connectivity index is 1.91. The fourth-order valence-corrected chi connectivity index (χ4v) is 1.70. The van der Waals surface area contributed by atoms with E-state index in [-0.39, 0.29) is 18.3 Å². The van der Waals surface area contributed by atoms with Crippen LogP contribution in [0.3, 0.4) is 0 Å². The normalized spacial score (nSPS) is 10.8. The minimum atomic E-state index is 0.145. The summed E-state index contributed by atoms with van der Waals surface area (Å²) in [7, 11) is 0. The molecular formula is C15H18N2O3. The molecule has 1 heterocycles. The lowest BCUT2D eigenvalue weighted by molar-refractivity contribution is -0.116. The van der Waals surface area contributed by atoms with E-state index in [1.807, 2.05) is 38.1 Å². The van der Waals surface area contributed by atoms with Crippen LogP contribution in [0.1, 0.15) is 44.0 Å². The van der Waals surface area contributed by atoms with Crippen molar-refractivity contribution >= 4 is 5.78 Å². The van der Waals surface area contributed by atoms with Crippen LogP contribution in [0.5, 0.6) is 5.75 Å². The molecule has 0 radical (unpaired) electrons. The van der Waals surface area contributed by atoms with Crippen molar-refractivity contribution in [1.29, 1.82) is 0 Å². The third kappa shape index (κ3) is 3.91. The molecule has 0 aliphatic heterocycles. The van der Waals surface area contributed by atoms with Crippen molar-refractivity contribution in [3.05, 3.63) is 41.5 Å². The highest BCUT2D eigenvalue weighted by Crippen LogP contribution is 2.15. The van der Waals surface area contributed by atoms with Crippen molar-refractivity contribution in [2.75, 3.05) is 0 Å². The van der Waals surface area contributed by atoms with Crippen molar-refractivity contribution in [3.8, 4) is 5.75 Å². The Kier molecular flexibility index (Phi) is 4.50. The van der Waals surface area contributed by atoms with Gasteiger partial charge in [-0.2, -0.15) is 4.98 Å². The molecule has 2 aromatic rings. The van der Waals surface area contributed by atoms with Crippen molar-refractivity contribution in [1.82, 2.24) is 10.1 Å². The molecule has 0 bridgehead atoms. The maximum absolute atomic E-state index is 11.0. The first kappa shape index (κ1) is 14.2. The van der Waals surface area contributed by atoms with Gasteiger partial charge in [-0.1, -0.05) is 31.1 Å². The lowest BCUT2D eigenvalue weighted by Crippen LogP contribution is -1.99. The van der Waals surface area contributed by atoms with E-state index in [1.54, 1.807) is 6.92 Å². The van der Waals surface area contributed by atoms with Gasteiger partial charge < -0.3 is 9.26 Å². The van der Waals surface area contributed by atoms with E-state index in [0.29, 0.717) is 23.9 Å². The summed E-state index contributed by atoms with van der Waals surface area (Å²) in [6, 6.07) is 7.43. The number of ether oxygens (including phenoxy) is 1. The summed E-state index contributed by atoms with van der Waals surface area (Å²) >= 11 is 0. The Labute approximate surface area is 118 Å². The zero-order valence-corrected chi connectivity index (χ0v) is 11.9. The fourth-order valence-electron chi connectivity index (χ4n) is 1.70. The van der Waals surface area contributed by atoms with Crippen LogP contribution in [-0.2, 0) is 17.8 Å². The van der Waals surface area contributed by atoms with Crippen LogP contribution in [-0.4, -0.2) is 15.9 Å². The van der Waals surface area contributed by atoms with E-state index < -0.39 is 0 Å². The first-order valence-electron chi connectivity index (χ1n) is 6.58. The average molecular weight is 274 g/mol. The smallest absolute Gasteiger partial charge is 0.229 e. The topological polar surface area (TPSA) is 65.2 Å². The molecule has 1 aromatic carbocycles. The van der Waals surface area contributed by atoms with E-state index in [2.05, 4.69) is 10.1 Å². The first-order valence-corrected chi connectivity index (χ1v) is 6.58. The van der Waals surface area contributed by atoms with Crippen LogP contribution in [0.2, 0.25) is 0 Å². The Morgan fingerprint density at radius 3 is 2.55 bits per heavy atom. The van der Waals surface area contributed by atoms with Crippen molar-refractivity contribution in [2.24, 2.45) is 0 Å². The second-order valence-electron chi connectivity index (χ2n) is 5.01. The van der Waals surface area contributed by atoms with Crippen LogP contribution in [0.15, 0.2) is 28.8 Å². The van der Waals surface area contributed by atoms with E-state index in [4.69, 9.17) is 9.26 Å². The molecule has 5 nitrogen and oxygen atoms in total. The summed E-state index contributed by atoms with van der Waals surface area (Å²) in [5.74, 6) is 2.21. The van der Waals surface area contributed by atoms with Gasteiger partial charge in [-0.25, -0.2) is 0 Å². The number of rotatable bonds is 6. The Bertz CT molecular complexity index is 573. The highest BCUT2D eigenvalue weighted by Gasteiger charge is 2.10. The van der Waals surface area contributed by atoms with Crippen molar-refractivity contribution in [2.45, 2.75) is 39.7 Å². The van der Waals surface area contributed by atoms with Gasteiger partial charge in [0.1, 0.15) is 11.5 Å². The zero-order valence-electron chi connectivity index (χ0n) is 11.9. The van der Waals surface area contributed by atoms with Gasteiger partial charge in [-0.15, -0.1) is 0 Å². The fraction of sp³-hybridized carbons (Fsp3) is 0.400. The summed E-state index contributed by atoms with van der Waals surface area (Å²) in [4.78, 5) is 15.2. The van der Waals surface area contributed by atoms with E-state index in [0.717, 1.165) is 5.56 Å². The second-order valence-corrected chi connectivity index (χ2v) is 5.01. The van der Waals surface area contributed by atoms with Gasteiger partial charge in [0.15, 0.2) is 6.61 Å². The number of aromatic nitrogens is 2. The molecule has 106 valence electrons. The molecule has 0 N–H and O–H groups in total. The lowest BCUT2D eigenvalue weighted by atomic mass is 10.1. The standard InChI is InChI=1S/C15H18N2O3/c1-10(2)15-16-14(17-20-15)9-19-13-6-4-12(5-7-13)8-11(3)18/h4-7,10H,8-9H2,1-3H3. The molecule has 0 saturated carbocycles. The summed E-state index contributed by atoms with van der Waals surface area (Å²) in [5, 5.41) is 3.85. The molecule has 0 aliphatic carbocycles. The molecule has 1 aromatic heterocycles. The monoisotopic (exact) mass is 274 g/mol. The van der Waals surface area contributed by atoms with Gasteiger partial charge in [0, 0.05) is 12.3 Å². The van der Waals surface area contributed by atoms with Crippen LogP contribution in [0, 0.1) is 0 Å². The summed E-state index contributed by atoms with van der Waals surface area (Å²) in [6.45, 7) is 5.83. The largest absolute Gasteiger partial charge is 0.485 e. The third-order valence-corrected chi connectivity index (χ3v) is 2.72. The second kappa shape index (κ2) is 6.32. The SMILES string of the molecule is CC(=O)Cc1ccc(OCc2noc(C(C)C)n2)cc1. The summed E-state index contributed by atoms with van der Waals surface area (Å²) < 4.78 is 10.7. The minimum absolute atomic E-state index is 0.145. The molecule has 0 amide bonds. The number of ketones is 1. The predicted octanol–water partition coefficient (Wildman–Crippen LogP) is 2.90. The third-order valence-electron chi connectivity index (χ3n) is 2.72. The van der Waals surface area contributed by atoms with E-state index >= 15 is 0 Å². The summed E-state index contributed by atoms with van der Waals surface area (Å²) in [5.41, 5.74) is 0.978. The molecular weight excluding hydrogens is 256 g/mol. The van der Waals surface area contributed by atoms with Crippen molar-refractivity contribution < 1.29 is 14.1 Å². The van der Waals surface area contributed by atoms with Crippen LogP contribution < -0.4 is 4.74 Å². The molecule has 5 heteroatoms. The molecule has 20 heavy (non-hydrogen) atoms. The number of hydrogen-bond donors (Lipinski definition) is 0. The van der Waals surface area contributed by atoms with Crippen LogP contribution >= 0.6 is 0 Å². The number of hydrogen-bond acceptors (Lipinski definition) is 5. The number of benzene rings is 1. The van der Waals surface area contributed by atoms with Gasteiger partial charge in [-0.05, 0) is 24.6 Å². The quantitative estimate of drug-likeness (QED) is 0.810. The average Bonchev–Trinajstić information content (AvgIpc) is 2.86. The molecule has 0 atom stereocenters. The van der Waals surface area contributed by atoms with Crippen LogP contribution in [0.4, 0.5) is 0 Å². The van der Waals surface area contributed by atoms with Gasteiger partial charge in [0.2, 0.25) is 11.7 Å². The van der Waals surface area contributed by atoms with Gasteiger partial charge >= 0.3 is 0 Å². The molecule has 0 unspecified atom stereocenters. The lowest BCUT2D eigenvalue weighted by Gasteiger charge is -2.04. The molecule has 2 rings (SSSR count). The van der Waals surface area contributed by atoms with Gasteiger partial charge in [0.25, 0.3) is 0 Å². The number of carbonyl (C=O) groups is 1. The molecule has 0 aliphatic rings. The zero-order chi connectivity index (χ0) is 14.5. The van der Waals surface area contributed by atoms with Gasteiger partial charge in [-0.3, -0.25) is 4.79 Å². The Hall–Kier alpha value is -2.17. The van der Waals surface area contributed by atoms with E-state index in [9.17, 15) is 4.79 Å². The highest BCUT2D eigenvalue weighted by atomic mass is 16.5. The molecule has 0 saturated heterocycles.